The molecular weight excluding hydrogens is 271 g/mol. The molecule has 0 aliphatic rings. The Balaban J connectivity index is 2.89. The first kappa shape index (κ1) is 14.9. The van der Waals surface area contributed by atoms with Crippen LogP contribution in [0.15, 0.2) is 17.0 Å². The molecule has 0 spiro atoms. The zero-order valence-electron chi connectivity index (χ0n) is 9.54. The van der Waals surface area contributed by atoms with Crippen LogP contribution in [0, 0.1) is 17.5 Å². The minimum atomic E-state index is -4.22. The molecule has 102 valence electrons. The molecule has 0 bridgehead atoms. The zero-order valence-corrected chi connectivity index (χ0v) is 10.4. The number of halogens is 3. The second-order valence-electron chi connectivity index (χ2n) is 3.27. The number of rotatable bonds is 6. The van der Waals surface area contributed by atoms with E-state index in [1.54, 1.807) is 6.92 Å². The van der Waals surface area contributed by atoms with E-state index < -0.39 is 32.4 Å². The topological polar surface area (TPSA) is 55.4 Å². The highest BCUT2D eigenvalue weighted by Gasteiger charge is 2.23. The summed E-state index contributed by atoms with van der Waals surface area (Å²) < 4.78 is 68.9. The van der Waals surface area contributed by atoms with Crippen LogP contribution in [-0.4, -0.2) is 28.2 Å². The van der Waals surface area contributed by atoms with Gasteiger partial charge in [0.2, 0.25) is 10.0 Å². The van der Waals surface area contributed by atoms with Crippen LogP contribution in [0.1, 0.15) is 6.92 Å². The van der Waals surface area contributed by atoms with E-state index in [4.69, 9.17) is 4.74 Å². The number of sulfonamides is 1. The van der Waals surface area contributed by atoms with Crippen molar-refractivity contribution >= 4 is 10.0 Å². The summed E-state index contributed by atoms with van der Waals surface area (Å²) in [6, 6.07) is 1.21. The third-order valence-corrected chi connectivity index (χ3v) is 3.51. The van der Waals surface area contributed by atoms with Crippen molar-refractivity contribution in [2.24, 2.45) is 0 Å². The fraction of sp³-hybridized carbons (Fsp3) is 0.400. The molecule has 0 aliphatic carbocycles. The van der Waals surface area contributed by atoms with Crippen molar-refractivity contribution in [1.82, 2.24) is 4.72 Å². The molecule has 18 heavy (non-hydrogen) atoms. The molecule has 0 saturated carbocycles. The molecule has 0 unspecified atom stereocenters. The van der Waals surface area contributed by atoms with Crippen molar-refractivity contribution in [3.8, 4) is 0 Å². The molecular formula is C10H12F3NO3S. The van der Waals surface area contributed by atoms with Crippen LogP contribution in [-0.2, 0) is 14.8 Å². The second-order valence-corrected chi connectivity index (χ2v) is 5.00. The van der Waals surface area contributed by atoms with Gasteiger partial charge in [-0.05, 0) is 19.1 Å². The van der Waals surface area contributed by atoms with Crippen molar-refractivity contribution in [3.63, 3.8) is 0 Å². The molecule has 0 aromatic heterocycles. The van der Waals surface area contributed by atoms with Crippen LogP contribution in [0.4, 0.5) is 13.2 Å². The molecule has 0 heterocycles. The minimum Gasteiger partial charge on any atom is -0.380 e. The first-order chi connectivity index (χ1) is 8.40. The Labute approximate surface area is 103 Å². The van der Waals surface area contributed by atoms with Crippen molar-refractivity contribution in [2.45, 2.75) is 11.8 Å². The highest BCUT2D eigenvalue weighted by molar-refractivity contribution is 7.89. The molecule has 0 saturated heterocycles. The highest BCUT2D eigenvalue weighted by Crippen LogP contribution is 2.19. The van der Waals surface area contributed by atoms with E-state index in [0.717, 1.165) is 0 Å². The second kappa shape index (κ2) is 6.17. The summed E-state index contributed by atoms with van der Waals surface area (Å²) in [5.41, 5.74) is 0. The molecule has 1 rings (SSSR count). The Bertz CT molecular complexity index is 519. The van der Waals surface area contributed by atoms with Gasteiger partial charge in [0.05, 0.1) is 6.61 Å². The van der Waals surface area contributed by atoms with Crippen LogP contribution in [0.3, 0.4) is 0 Å². The molecule has 0 radical (unpaired) electrons. The summed E-state index contributed by atoms with van der Waals surface area (Å²) in [6.07, 6.45) is 0. The Morgan fingerprint density at radius 1 is 1.22 bits per heavy atom. The Kier molecular flexibility index (Phi) is 5.12. The van der Waals surface area contributed by atoms with E-state index in [-0.39, 0.29) is 13.2 Å². The van der Waals surface area contributed by atoms with Gasteiger partial charge in [0, 0.05) is 13.2 Å². The first-order valence-corrected chi connectivity index (χ1v) is 6.59. The lowest BCUT2D eigenvalue weighted by Crippen LogP contribution is -2.28. The summed E-state index contributed by atoms with van der Waals surface area (Å²) in [7, 11) is -4.22. The molecule has 0 amide bonds. The number of hydrogen-bond donors (Lipinski definition) is 1. The smallest absolute Gasteiger partial charge is 0.243 e. The Morgan fingerprint density at radius 3 is 2.50 bits per heavy atom. The van der Waals surface area contributed by atoms with Crippen molar-refractivity contribution in [2.75, 3.05) is 19.8 Å². The van der Waals surface area contributed by atoms with Gasteiger partial charge in [-0.1, -0.05) is 0 Å². The van der Waals surface area contributed by atoms with Gasteiger partial charge < -0.3 is 4.74 Å². The SMILES string of the molecule is CCOCCNS(=O)(=O)c1ccc(F)c(F)c1F. The number of benzene rings is 1. The van der Waals surface area contributed by atoms with Crippen LogP contribution in [0.5, 0.6) is 0 Å². The predicted molar refractivity (Wildman–Crippen MR) is 58.0 cm³/mol. The van der Waals surface area contributed by atoms with Crippen molar-refractivity contribution in [1.29, 1.82) is 0 Å². The third kappa shape index (κ3) is 3.44. The molecule has 0 fully saturated rings. The van der Waals surface area contributed by atoms with Crippen molar-refractivity contribution in [3.05, 3.63) is 29.6 Å². The summed E-state index contributed by atoms with van der Waals surface area (Å²) in [5, 5.41) is 0. The largest absolute Gasteiger partial charge is 0.380 e. The van der Waals surface area contributed by atoms with Crippen LogP contribution >= 0.6 is 0 Å². The fourth-order valence-corrected chi connectivity index (χ4v) is 2.27. The van der Waals surface area contributed by atoms with E-state index >= 15 is 0 Å². The quantitative estimate of drug-likeness (QED) is 0.634. The fourth-order valence-electron chi connectivity index (χ4n) is 1.19. The molecule has 8 heteroatoms. The number of ether oxygens (including phenoxy) is 1. The maximum atomic E-state index is 13.3. The molecule has 1 aromatic carbocycles. The summed E-state index contributed by atoms with van der Waals surface area (Å²) in [5.74, 6) is -5.00. The standard InChI is InChI=1S/C10H12F3NO3S/c1-2-17-6-5-14-18(15,16)8-4-3-7(11)9(12)10(8)13/h3-4,14H,2,5-6H2,1H3. The average Bonchev–Trinajstić information content (AvgIpc) is 2.31. The predicted octanol–water partition coefficient (Wildman–Crippen LogP) is 1.42. The normalized spacial score (nSPS) is 11.8. The van der Waals surface area contributed by atoms with Crippen LogP contribution in [0.2, 0.25) is 0 Å². The molecule has 1 N–H and O–H groups in total. The molecule has 0 aliphatic heterocycles. The highest BCUT2D eigenvalue weighted by atomic mass is 32.2. The molecule has 0 atom stereocenters. The van der Waals surface area contributed by atoms with Crippen molar-refractivity contribution < 1.29 is 26.3 Å². The lowest BCUT2D eigenvalue weighted by Gasteiger charge is -2.08. The number of nitrogens with one attached hydrogen (secondary N) is 1. The van der Waals surface area contributed by atoms with Gasteiger partial charge in [-0.3, -0.25) is 0 Å². The van der Waals surface area contributed by atoms with Gasteiger partial charge in [-0.25, -0.2) is 26.3 Å². The van der Waals surface area contributed by atoms with Gasteiger partial charge in [-0.15, -0.1) is 0 Å². The van der Waals surface area contributed by atoms with E-state index in [0.29, 0.717) is 18.7 Å². The van der Waals surface area contributed by atoms with E-state index in [2.05, 4.69) is 0 Å². The maximum Gasteiger partial charge on any atom is 0.243 e. The third-order valence-electron chi connectivity index (χ3n) is 2.03. The van der Waals surface area contributed by atoms with Gasteiger partial charge >= 0.3 is 0 Å². The molecule has 4 nitrogen and oxygen atoms in total. The van der Waals surface area contributed by atoms with Gasteiger partial charge in [0.25, 0.3) is 0 Å². The van der Waals surface area contributed by atoms with Crippen LogP contribution in [0.25, 0.3) is 0 Å². The average molecular weight is 283 g/mol. The number of hydrogen-bond acceptors (Lipinski definition) is 3. The first-order valence-electron chi connectivity index (χ1n) is 5.11. The summed E-state index contributed by atoms with van der Waals surface area (Å²) >= 11 is 0. The van der Waals surface area contributed by atoms with Gasteiger partial charge in [0.15, 0.2) is 17.5 Å². The van der Waals surface area contributed by atoms with Gasteiger partial charge in [0.1, 0.15) is 4.90 Å². The monoisotopic (exact) mass is 283 g/mol. The Morgan fingerprint density at radius 2 is 1.89 bits per heavy atom. The Hall–Kier alpha value is -1.12. The van der Waals surface area contributed by atoms with E-state index in [1.165, 1.54) is 0 Å². The minimum absolute atomic E-state index is 0.0887. The lowest BCUT2D eigenvalue weighted by atomic mass is 10.3. The zero-order chi connectivity index (χ0) is 13.8. The van der Waals surface area contributed by atoms with E-state index in [9.17, 15) is 21.6 Å². The molecule has 1 aromatic rings. The van der Waals surface area contributed by atoms with E-state index in [1.807, 2.05) is 4.72 Å². The summed E-state index contributed by atoms with van der Waals surface area (Å²) in [6.45, 7) is 2.14. The lowest BCUT2D eigenvalue weighted by molar-refractivity contribution is 0.153. The van der Waals surface area contributed by atoms with Crippen LogP contribution < -0.4 is 4.72 Å². The summed E-state index contributed by atoms with van der Waals surface area (Å²) in [4.78, 5) is -0.933. The maximum absolute atomic E-state index is 13.3. The van der Waals surface area contributed by atoms with Gasteiger partial charge in [-0.2, -0.15) is 0 Å².